The zero-order valence-electron chi connectivity index (χ0n) is 10.7. The van der Waals surface area contributed by atoms with E-state index in [0.717, 1.165) is 27.1 Å². The summed E-state index contributed by atoms with van der Waals surface area (Å²) in [4.78, 5) is 0. The molecule has 2 heteroatoms. The van der Waals surface area contributed by atoms with Crippen LogP contribution in [0.25, 0.3) is 27.6 Å². The number of hydrogen-bond donors (Lipinski definition) is 0. The van der Waals surface area contributed by atoms with Crippen molar-refractivity contribution in [3.8, 4) is 12.1 Å². The molecule has 0 saturated heterocycles. The topological polar surface area (TPSA) is 47.6 Å². The van der Waals surface area contributed by atoms with E-state index in [1.54, 1.807) is 12.1 Å². The Balaban J connectivity index is 2.56. The van der Waals surface area contributed by atoms with Gasteiger partial charge in [-0.1, -0.05) is 36.9 Å². The van der Waals surface area contributed by atoms with Gasteiger partial charge in [0.2, 0.25) is 0 Å². The predicted molar refractivity (Wildman–Crippen MR) is 81.0 cm³/mol. The molecule has 0 aromatic heterocycles. The largest absolute Gasteiger partial charge is 0.192 e. The lowest BCUT2D eigenvalue weighted by Gasteiger charge is -2.08. The third-order valence-corrected chi connectivity index (χ3v) is 3.48. The van der Waals surface area contributed by atoms with E-state index in [1.807, 2.05) is 36.4 Å². The first kappa shape index (κ1) is 12.0. The standard InChI is InChI=1S/C18H10N2/c1-2-16-17-9-13-6-4-3-5-12(13)7-14(17)8-15(10-19)18(16)11-20/h2-9H,1H2. The van der Waals surface area contributed by atoms with Crippen molar-refractivity contribution in [2.45, 2.75) is 0 Å². The zero-order chi connectivity index (χ0) is 14.1. The summed E-state index contributed by atoms with van der Waals surface area (Å²) in [5.74, 6) is 0. The molecular weight excluding hydrogens is 244 g/mol. The van der Waals surface area contributed by atoms with E-state index in [4.69, 9.17) is 0 Å². The second-order valence-corrected chi connectivity index (χ2v) is 4.56. The van der Waals surface area contributed by atoms with Crippen LogP contribution in [0.5, 0.6) is 0 Å². The van der Waals surface area contributed by atoms with Crippen LogP contribution in [0.3, 0.4) is 0 Å². The van der Waals surface area contributed by atoms with Gasteiger partial charge in [0, 0.05) is 5.56 Å². The fourth-order valence-corrected chi connectivity index (χ4v) is 2.54. The molecule has 0 heterocycles. The molecule has 0 amide bonds. The molecule has 2 nitrogen and oxygen atoms in total. The van der Waals surface area contributed by atoms with Crippen LogP contribution in [0.2, 0.25) is 0 Å². The number of benzene rings is 3. The van der Waals surface area contributed by atoms with E-state index in [2.05, 4.69) is 18.7 Å². The van der Waals surface area contributed by atoms with E-state index in [-0.39, 0.29) is 0 Å². The Hall–Kier alpha value is -3.10. The van der Waals surface area contributed by atoms with E-state index < -0.39 is 0 Å². The Morgan fingerprint density at radius 3 is 2.20 bits per heavy atom. The highest BCUT2D eigenvalue weighted by molar-refractivity contribution is 6.03. The molecule has 0 bridgehead atoms. The molecule has 3 aromatic carbocycles. The molecule has 0 unspecified atom stereocenters. The van der Waals surface area contributed by atoms with Crippen LogP contribution in [0.4, 0.5) is 0 Å². The van der Waals surface area contributed by atoms with Gasteiger partial charge in [0.1, 0.15) is 12.1 Å². The first-order valence-electron chi connectivity index (χ1n) is 6.20. The van der Waals surface area contributed by atoms with Gasteiger partial charge in [-0.3, -0.25) is 0 Å². The summed E-state index contributed by atoms with van der Waals surface area (Å²) in [6, 6.07) is 18.1. The van der Waals surface area contributed by atoms with Gasteiger partial charge in [-0.15, -0.1) is 0 Å². The Morgan fingerprint density at radius 1 is 0.900 bits per heavy atom. The molecule has 92 valence electrons. The van der Waals surface area contributed by atoms with Gasteiger partial charge in [0.05, 0.1) is 11.1 Å². The molecule has 3 aromatic rings. The van der Waals surface area contributed by atoms with Gasteiger partial charge < -0.3 is 0 Å². The van der Waals surface area contributed by atoms with Gasteiger partial charge in [-0.25, -0.2) is 0 Å². The SMILES string of the molecule is C=Cc1c(C#N)c(C#N)cc2cc3ccccc3cc12. The van der Waals surface area contributed by atoms with Gasteiger partial charge >= 0.3 is 0 Å². The Bertz CT molecular complexity index is 937. The smallest absolute Gasteiger partial charge is 0.101 e. The fraction of sp³-hybridized carbons (Fsp3) is 0. The molecule has 0 spiro atoms. The molecule has 0 fully saturated rings. The number of nitriles is 2. The maximum Gasteiger partial charge on any atom is 0.101 e. The van der Waals surface area contributed by atoms with E-state index in [0.29, 0.717) is 11.1 Å². The third kappa shape index (κ3) is 1.64. The fourth-order valence-electron chi connectivity index (χ4n) is 2.54. The highest BCUT2D eigenvalue weighted by atomic mass is 14.3. The van der Waals surface area contributed by atoms with Crippen molar-refractivity contribution >= 4 is 27.6 Å². The molecule has 0 saturated carbocycles. The highest BCUT2D eigenvalue weighted by Gasteiger charge is 2.11. The minimum Gasteiger partial charge on any atom is -0.192 e. The maximum absolute atomic E-state index is 9.29. The Labute approximate surface area is 116 Å². The summed E-state index contributed by atoms with van der Waals surface area (Å²) in [6.45, 7) is 3.78. The summed E-state index contributed by atoms with van der Waals surface area (Å²) in [5.41, 5.74) is 1.52. The number of fused-ring (bicyclic) bond motifs is 2. The lowest BCUT2D eigenvalue weighted by molar-refractivity contribution is 1.44. The number of rotatable bonds is 1. The van der Waals surface area contributed by atoms with Crippen molar-refractivity contribution in [2.24, 2.45) is 0 Å². The molecule has 0 aliphatic carbocycles. The minimum absolute atomic E-state index is 0.394. The average molecular weight is 254 g/mol. The first-order chi connectivity index (χ1) is 9.78. The summed E-state index contributed by atoms with van der Waals surface area (Å²) in [6.07, 6.45) is 1.65. The van der Waals surface area contributed by atoms with Gasteiger partial charge in [0.15, 0.2) is 0 Å². The highest BCUT2D eigenvalue weighted by Crippen LogP contribution is 2.30. The third-order valence-electron chi connectivity index (χ3n) is 3.48. The molecular formula is C18H10N2. The van der Waals surface area contributed by atoms with Crippen LogP contribution in [0.15, 0.2) is 49.0 Å². The van der Waals surface area contributed by atoms with Crippen LogP contribution in [-0.2, 0) is 0 Å². The lowest BCUT2D eigenvalue weighted by atomic mass is 9.93. The van der Waals surface area contributed by atoms with Crippen molar-refractivity contribution < 1.29 is 0 Å². The number of nitrogens with zero attached hydrogens (tertiary/aromatic N) is 2. The number of hydrogen-bond acceptors (Lipinski definition) is 2. The van der Waals surface area contributed by atoms with E-state index in [9.17, 15) is 10.5 Å². The monoisotopic (exact) mass is 254 g/mol. The van der Waals surface area contributed by atoms with Crippen molar-refractivity contribution in [3.63, 3.8) is 0 Å². The summed E-state index contributed by atoms with van der Waals surface area (Å²) < 4.78 is 0. The van der Waals surface area contributed by atoms with Crippen LogP contribution in [-0.4, -0.2) is 0 Å². The molecule has 0 radical (unpaired) electrons. The van der Waals surface area contributed by atoms with E-state index in [1.165, 1.54) is 0 Å². The van der Waals surface area contributed by atoms with Crippen LogP contribution in [0, 0.1) is 22.7 Å². The van der Waals surface area contributed by atoms with Crippen LogP contribution >= 0.6 is 0 Å². The predicted octanol–water partition coefficient (Wildman–Crippen LogP) is 4.38. The minimum atomic E-state index is 0.394. The quantitative estimate of drug-likeness (QED) is 0.605. The molecule has 20 heavy (non-hydrogen) atoms. The summed E-state index contributed by atoms with van der Waals surface area (Å²) in [5, 5.41) is 22.6. The zero-order valence-corrected chi connectivity index (χ0v) is 10.7. The lowest BCUT2D eigenvalue weighted by Crippen LogP contribution is -1.91. The maximum atomic E-state index is 9.29. The van der Waals surface area contributed by atoms with Crippen molar-refractivity contribution in [1.82, 2.24) is 0 Å². The first-order valence-corrected chi connectivity index (χ1v) is 6.20. The van der Waals surface area contributed by atoms with E-state index >= 15 is 0 Å². The normalized spacial score (nSPS) is 10.1. The van der Waals surface area contributed by atoms with Gasteiger partial charge in [-0.05, 0) is 39.7 Å². The van der Waals surface area contributed by atoms with Gasteiger partial charge in [0.25, 0.3) is 0 Å². The van der Waals surface area contributed by atoms with Gasteiger partial charge in [-0.2, -0.15) is 10.5 Å². The summed E-state index contributed by atoms with van der Waals surface area (Å²) >= 11 is 0. The molecule has 0 aliphatic rings. The second-order valence-electron chi connectivity index (χ2n) is 4.56. The van der Waals surface area contributed by atoms with Crippen molar-refractivity contribution in [3.05, 3.63) is 65.7 Å². The Morgan fingerprint density at radius 2 is 1.60 bits per heavy atom. The molecule has 0 N–H and O–H groups in total. The average Bonchev–Trinajstić information content (AvgIpc) is 2.50. The molecule has 0 aliphatic heterocycles. The summed E-state index contributed by atoms with van der Waals surface area (Å²) in [7, 11) is 0. The molecule has 0 atom stereocenters. The van der Waals surface area contributed by atoms with Crippen LogP contribution in [0.1, 0.15) is 16.7 Å². The van der Waals surface area contributed by atoms with Crippen molar-refractivity contribution in [1.29, 1.82) is 10.5 Å². The molecule has 3 rings (SSSR count). The Kier molecular flexibility index (Phi) is 2.71. The second kappa shape index (κ2) is 4.53. The van der Waals surface area contributed by atoms with Crippen molar-refractivity contribution in [2.75, 3.05) is 0 Å². The van der Waals surface area contributed by atoms with Crippen LogP contribution < -0.4 is 0 Å².